The molecule has 1 saturated carbocycles. The first-order chi connectivity index (χ1) is 14.6. The van der Waals surface area contributed by atoms with Crippen molar-refractivity contribution in [2.24, 2.45) is 0 Å². The van der Waals surface area contributed by atoms with Crippen LogP contribution in [0.25, 0.3) is 11.0 Å². The van der Waals surface area contributed by atoms with Crippen LogP contribution in [0.15, 0.2) is 29.1 Å². The molecule has 1 N–H and O–H groups in total. The lowest BCUT2D eigenvalue weighted by Crippen LogP contribution is -2.43. The molecule has 0 spiro atoms. The molecule has 4 rings (SSSR count). The van der Waals surface area contributed by atoms with Crippen LogP contribution in [-0.2, 0) is 4.79 Å². The Bertz CT molecular complexity index is 922. The zero-order chi connectivity index (χ0) is 20.9. The highest BCUT2D eigenvalue weighted by molar-refractivity contribution is 5.81. The van der Waals surface area contributed by atoms with Crippen LogP contribution in [0.5, 0.6) is 0 Å². The number of fused-ring (bicyclic) bond motifs is 1. The minimum absolute atomic E-state index is 0.0107. The fraction of sp³-hybridized carbons (Fsp3) is 0.625. The second kappa shape index (κ2) is 9.73. The van der Waals surface area contributed by atoms with E-state index in [-0.39, 0.29) is 29.7 Å². The van der Waals surface area contributed by atoms with Gasteiger partial charge in [0.1, 0.15) is 5.78 Å². The third kappa shape index (κ3) is 4.75. The van der Waals surface area contributed by atoms with Crippen LogP contribution in [0, 0.1) is 0 Å². The van der Waals surface area contributed by atoms with E-state index in [2.05, 4.69) is 15.2 Å². The number of piperidine rings is 1. The molecule has 30 heavy (non-hydrogen) atoms. The van der Waals surface area contributed by atoms with Crippen LogP contribution in [0.2, 0.25) is 0 Å². The summed E-state index contributed by atoms with van der Waals surface area (Å²) < 4.78 is 1.93. The molecule has 0 atom stereocenters. The van der Waals surface area contributed by atoms with Crippen molar-refractivity contribution in [3.63, 3.8) is 0 Å². The van der Waals surface area contributed by atoms with Gasteiger partial charge in [-0.1, -0.05) is 44.2 Å². The highest BCUT2D eigenvalue weighted by atomic mass is 16.1. The van der Waals surface area contributed by atoms with Gasteiger partial charge in [-0.05, 0) is 44.7 Å². The molecule has 1 saturated heterocycles. The van der Waals surface area contributed by atoms with Crippen LogP contribution in [0.4, 0.5) is 5.82 Å². The number of hydrogen-bond donors (Lipinski definition) is 1. The van der Waals surface area contributed by atoms with Gasteiger partial charge < -0.3 is 14.8 Å². The van der Waals surface area contributed by atoms with Crippen LogP contribution >= 0.6 is 0 Å². The van der Waals surface area contributed by atoms with Crippen LogP contribution < -0.4 is 10.9 Å². The summed E-state index contributed by atoms with van der Waals surface area (Å²) in [6.07, 6.45) is 11.5. The fourth-order valence-electron chi connectivity index (χ4n) is 5.15. The molecule has 6 nitrogen and oxygen atoms in total. The average molecular weight is 411 g/mol. The number of hydrogen-bond acceptors (Lipinski definition) is 5. The third-order valence-electron chi connectivity index (χ3n) is 6.75. The number of nitrogens with one attached hydrogen (secondary N) is 1. The lowest BCUT2D eigenvalue weighted by molar-refractivity contribution is -0.115. The van der Waals surface area contributed by atoms with Crippen molar-refractivity contribution in [1.82, 2.24) is 14.5 Å². The number of nitrogens with zero attached hydrogens (tertiary/aromatic N) is 3. The number of rotatable bonds is 5. The Morgan fingerprint density at radius 3 is 2.37 bits per heavy atom. The highest BCUT2D eigenvalue weighted by Crippen LogP contribution is 2.29. The van der Waals surface area contributed by atoms with Crippen molar-refractivity contribution in [3.8, 4) is 0 Å². The van der Waals surface area contributed by atoms with Gasteiger partial charge in [0, 0.05) is 25.2 Å². The molecule has 1 aliphatic heterocycles. The number of aromatic nitrogens is 2. The standard InChI is InChI=1S/C24H34N4O2/c1-18(29)17-25-23-24(30)28(22-12-8-7-11-21(22)26-23)20-13-15-27(16-14-20)19-9-5-3-2-4-6-10-19/h7-8,11-12,19-20H,2-6,9-10,13-17H2,1H3,(H,25,26). The largest absolute Gasteiger partial charge is 0.358 e. The molecule has 1 aromatic carbocycles. The van der Waals surface area contributed by atoms with Gasteiger partial charge in [0.15, 0.2) is 5.82 Å². The number of ketones is 1. The van der Waals surface area contributed by atoms with E-state index >= 15 is 0 Å². The van der Waals surface area contributed by atoms with Crippen molar-refractivity contribution in [2.45, 2.75) is 76.8 Å². The smallest absolute Gasteiger partial charge is 0.294 e. The zero-order valence-corrected chi connectivity index (χ0v) is 18.1. The molecule has 6 heteroatoms. The Hall–Kier alpha value is -2.21. The number of Topliss-reactive ketones (excluding diaryl/α,β-unsaturated/α-hetero) is 1. The molecule has 2 heterocycles. The first-order valence-electron chi connectivity index (χ1n) is 11.6. The quantitative estimate of drug-likeness (QED) is 0.802. The van der Waals surface area contributed by atoms with E-state index in [9.17, 15) is 9.59 Å². The Labute approximate surface area is 178 Å². The number of likely N-dealkylation sites (tertiary alicyclic amines) is 1. The summed E-state index contributed by atoms with van der Waals surface area (Å²) in [4.78, 5) is 31.9. The minimum Gasteiger partial charge on any atom is -0.358 e. The summed E-state index contributed by atoms with van der Waals surface area (Å²) in [7, 11) is 0. The van der Waals surface area contributed by atoms with Crippen molar-refractivity contribution >= 4 is 22.6 Å². The van der Waals surface area contributed by atoms with Gasteiger partial charge in [0.05, 0.1) is 17.6 Å². The fourth-order valence-corrected chi connectivity index (χ4v) is 5.15. The molecular formula is C24H34N4O2. The monoisotopic (exact) mass is 410 g/mol. The van der Waals surface area contributed by atoms with Crippen LogP contribution in [-0.4, -0.2) is 45.9 Å². The van der Waals surface area contributed by atoms with Crippen LogP contribution in [0.1, 0.15) is 70.8 Å². The summed E-state index contributed by atoms with van der Waals surface area (Å²) in [5.74, 6) is 0.273. The van der Waals surface area contributed by atoms with E-state index in [1.165, 1.54) is 51.9 Å². The lowest BCUT2D eigenvalue weighted by Gasteiger charge is -2.39. The Kier molecular flexibility index (Phi) is 6.82. The molecule has 2 aromatic rings. The summed E-state index contributed by atoms with van der Waals surface area (Å²) in [6, 6.07) is 8.72. The molecule has 1 aliphatic carbocycles. The summed E-state index contributed by atoms with van der Waals surface area (Å²) >= 11 is 0. The Morgan fingerprint density at radius 1 is 1.00 bits per heavy atom. The maximum atomic E-state index is 13.3. The lowest BCUT2D eigenvalue weighted by atomic mass is 9.93. The molecule has 2 fully saturated rings. The van der Waals surface area contributed by atoms with Crippen molar-refractivity contribution in [1.29, 1.82) is 0 Å². The van der Waals surface area contributed by atoms with Gasteiger partial charge in [-0.2, -0.15) is 0 Å². The normalized spacial score (nSPS) is 20.0. The van der Waals surface area contributed by atoms with E-state index < -0.39 is 0 Å². The SMILES string of the molecule is CC(=O)CNc1nc2ccccc2n(C2CCN(C3CCCCCCC3)CC2)c1=O. The molecule has 0 unspecified atom stereocenters. The maximum Gasteiger partial charge on any atom is 0.294 e. The molecule has 2 aliphatic rings. The predicted molar refractivity (Wildman–Crippen MR) is 121 cm³/mol. The molecule has 0 radical (unpaired) electrons. The van der Waals surface area contributed by atoms with Gasteiger partial charge in [0.25, 0.3) is 5.56 Å². The van der Waals surface area contributed by atoms with Crippen LogP contribution in [0.3, 0.4) is 0 Å². The average Bonchev–Trinajstić information content (AvgIpc) is 2.72. The topological polar surface area (TPSA) is 67.2 Å². The minimum atomic E-state index is -0.112. The van der Waals surface area contributed by atoms with E-state index in [0.29, 0.717) is 6.04 Å². The number of para-hydroxylation sites is 2. The van der Waals surface area contributed by atoms with Crippen molar-refractivity contribution < 1.29 is 4.79 Å². The number of anilines is 1. The van der Waals surface area contributed by atoms with Gasteiger partial charge in [-0.3, -0.25) is 9.59 Å². The molecule has 1 aromatic heterocycles. The number of carbonyl (C=O) groups is 1. The molecule has 162 valence electrons. The summed E-state index contributed by atoms with van der Waals surface area (Å²) in [6.45, 7) is 3.74. The van der Waals surface area contributed by atoms with E-state index in [1.807, 2.05) is 28.8 Å². The van der Waals surface area contributed by atoms with E-state index in [4.69, 9.17) is 0 Å². The van der Waals surface area contributed by atoms with Gasteiger partial charge >= 0.3 is 0 Å². The third-order valence-corrected chi connectivity index (χ3v) is 6.75. The summed E-state index contributed by atoms with van der Waals surface area (Å²) in [5, 5.41) is 2.95. The highest BCUT2D eigenvalue weighted by Gasteiger charge is 2.28. The molecule has 0 amide bonds. The first kappa shape index (κ1) is 21.0. The van der Waals surface area contributed by atoms with Gasteiger partial charge in [-0.15, -0.1) is 0 Å². The van der Waals surface area contributed by atoms with Gasteiger partial charge in [-0.25, -0.2) is 4.98 Å². The summed E-state index contributed by atoms with van der Waals surface area (Å²) in [5.41, 5.74) is 1.57. The van der Waals surface area contributed by atoms with Crippen molar-refractivity contribution in [3.05, 3.63) is 34.6 Å². The maximum absolute atomic E-state index is 13.3. The predicted octanol–water partition coefficient (Wildman–Crippen LogP) is 4.15. The molecular weight excluding hydrogens is 376 g/mol. The number of carbonyl (C=O) groups excluding carboxylic acids is 1. The van der Waals surface area contributed by atoms with E-state index in [0.717, 1.165) is 37.0 Å². The van der Waals surface area contributed by atoms with Gasteiger partial charge in [0.2, 0.25) is 0 Å². The Balaban J connectivity index is 1.55. The second-order valence-corrected chi connectivity index (χ2v) is 8.95. The van der Waals surface area contributed by atoms with Crippen molar-refractivity contribution in [2.75, 3.05) is 25.0 Å². The van der Waals surface area contributed by atoms with E-state index in [1.54, 1.807) is 0 Å². The Morgan fingerprint density at radius 2 is 1.67 bits per heavy atom. The second-order valence-electron chi connectivity index (χ2n) is 8.95. The zero-order valence-electron chi connectivity index (χ0n) is 18.1. The number of benzene rings is 1. The first-order valence-corrected chi connectivity index (χ1v) is 11.6. The molecule has 0 bridgehead atoms.